The van der Waals surface area contributed by atoms with Crippen LogP contribution in [0.4, 0.5) is 0 Å². The standard InChI is InChI=1S/C19H23NO4S/c1-15(2)13-20(19(21)17-7-5-4-6-8-17)14-16-9-11-18(12-10-16)24-25(3,22)23/h4-12,15H,13-14H2,1-3H3. The van der Waals surface area contributed by atoms with Crippen molar-refractivity contribution in [1.82, 2.24) is 4.90 Å². The van der Waals surface area contributed by atoms with Crippen LogP contribution >= 0.6 is 0 Å². The maximum Gasteiger partial charge on any atom is 0.306 e. The largest absolute Gasteiger partial charge is 0.383 e. The van der Waals surface area contributed by atoms with Crippen LogP contribution in [0.5, 0.6) is 5.75 Å². The minimum atomic E-state index is -3.54. The van der Waals surface area contributed by atoms with Gasteiger partial charge in [-0.1, -0.05) is 44.2 Å². The average Bonchev–Trinajstić information content (AvgIpc) is 2.54. The molecule has 0 atom stereocenters. The van der Waals surface area contributed by atoms with E-state index in [1.807, 2.05) is 18.2 Å². The van der Waals surface area contributed by atoms with Crippen LogP contribution in [0, 0.1) is 5.92 Å². The number of amides is 1. The van der Waals surface area contributed by atoms with Gasteiger partial charge in [0, 0.05) is 18.7 Å². The zero-order valence-electron chi connectivity index (χ0n) is 14.7. The number of carbonyl (C=O) groups is 1. The zero-order chi connectivity index (χ0) is 18.4. The Bertz CT molecular complexity index is 799. The summed E-state index contributed by atoms with van der Waals surface area (Å²) in [5.74, 6) is 0.572. The van der Waals surface area contributed by atoms with Crippen LogP contribution in [-0.2, 0) is 16.7 Å². The van der Waals surface area contributed by atoms with Gasteiger partial charge >= 0.3 is 10.1 Å². The van der Waals surface area contributed by atoms with E-state index >= 15 is 0 Å². The van der Waals surface area contributed by atoms with Crippen molar-refractivity contribution in [2.75, 3.05) is 12.8 Å². The van der Waals surface area contributed by atoms with Gasteiger partial charge in [-0.15, -0.1) is 0 Å². The van der Waals surface area contributed by atoms with Crippen molar-refractivity contribution in [3.05, 3.63) is 65.7 Å². The molecule has 134 valence electrons. The molecule has 0 unspecified atom stereocenters. The van der Waals surface area contributed by atoms with E-state index < -0.39 is 10.1 Å². The Morgan fingerprint density at radius 2 is 1.64 bits per heavy atom. The lowest BCUT2D eigenvalue weighted by Crippen LogP contribution is -2.33. The molecule has 0 fully saturated rings. The summed E-state index contributed by atoms with van der Waals surface area (Å²) < 4.78 is 27.1. The lowest BCUT2D eigenvalue weighted by Gasteiger charge is -2.25. The molecule has 0 saturated carbocycles. The maximum atomic E-state index is 12.8. The van der Waals surface area contributed by atoms with Gasteiger partial charge in [-0.3, -0.25) is 4.79 Å². The highest BCUT2D eigenvalue weighted by molar-refractivity contribution is 7.86. The molecule has 0 aliphatic heterocycles. The van der Waals surface area contributed by atoms with Crippen LogP contribution in [0.2, 0.25) is 0 Å². The van der Waals surface area contributed by atoms with Gasteiger partial charge in [-0.2, -0.15) is 8.42 Å². The maximum absolute atomic E-state index is 12.8. The molecule has 5 nitrogen and oxygen atoms in total. The highest BCUT2D eigenvalue weighted by Gasteiger charge is 2.17. The first-order valence-corrected chi connectivity index (χ1v) is 9.89. The SMILES string of the molecule is CC(C)CN(Cc1ccc(OS(C)(=O)=O)cc1)C(=O)c1ccccc1. The summed E-state index contributed by atoms with van der Waals surface area (Å²) in [5, 5.41) is 0. The van der Waals surface area contributed by atoms with Crippen molar-refractivity contribution in [2.24, 2.45) is 5.92 Å². The van der Waals surface area contributed by atoms with E-state index in [9.17, 15) is 13.2 Å². The van der Waals surface area contributed by atoms with Gasteiger partial charge in [-0.05, 0) is 35.7 Å². The molecule has 0 bridgehead atoms. The van der Waals surface area contributed by atoms with Crippen molar-refractivity contribution < 1.29 is 17.4 Å². The summed E-state index contributed by atoms with van der Waals surface area (Å²) in [4.78, 5) is 14.6. The molecular formula is C19H23NO4S. The Hall–Kier alpha value is -2.34. The number of rotatable bonds is 7. The zero-order valence-corrected chi connectivity index (χ0v) is 15.5. The minimum absolute atomic E-state index is 0.0224. The van der Waals surface area contributed by atoms with E-state index in [0.717, 1.165) is 11.8 Å². The molecule has 2 rings (SSSR count). The highest BCUT2D eigenvalue weighted by atomic mass is 32.2. The van der Waals surface area contributed by atoms with Crippen LogP contribution in [0.15, 0.2) is 54.6 Å². The fourth-order valence-electron chi connectivity index (χ4n) is 2.47. The normalized spacial score (nSPS) is 11.4. The monoisotopic (exact) mass is 361 g/mol. The summed E-state index contributed by atoms with van der Waals surface area (Å²) >= 11 is 0. The van der Waals surface area contributed by atoms with E-state index in [1.165, 1.54) is 0 Å². The molecule has 0 aliphatic carbocycles. The third kappa shape index (κ3) is 6.23. The number of benzene rings is 2. The fourth-order valence-corrected chi connectivity index (χ4v) is 2.93. The molecule has 25 heavy (non-hydrogen) atoms. The molecule has 0 aromatic heterocycles. The molecule has 2 aromatic carbocycles. The summed E-state index contributed by atoms with van der Waals surface area (Å²) in [5.41, 5.74) is 1.56. The minimum Gasteiger partial charge on any atom is -0.383 e. The Morgan fingerprint density at radius 3 is 2.16 bits per heavy atom. The summed E-state index contributed by atoms with van der Waals surface area (Å²) in [6.45, 7) is 5.21. The Kier molecular flexibility index (Phi) is 6.20. The van der Waals surface area contributed by atoms with Gasteiger partial charge in [0.25, 0.3) is 5.91 Å². The second-order valence-electron chi connectivity index (χ2n) is 6.38. The molecule has 0 spiro atoms. The van der Waals surface area contributed by atoms with Crippen LogP contribution in [-0.4, -0.2) is 32.0 Å². The van der Waals surface area contributed by atoms with Gasteiger partial charge in [0.05, 0.1) is 6.26 Å². The van der Waals surface area contributed by atoms with Crippen molar-refractivity contribution in [3.8, 4) is 5.75 Å². The fraction of sp³-hybridized carbons (Fsp3) is 0.316. The topological polar surface area (TPSA) is 63.7 Å². The first-order valence-electron chi connectivity index (χ1n) is 8.07. The first kappa shape index (κ1) is 19.0. The van der Waals surface area contributed by atoms with Crippen molar-refractivity contribution in [2.45, 2.75) is 20.4 Å². The molecule has 0 aliphatic rings. The predicted octanol–water partition coefficient (Wildman–Crippen LogP) is 3.32. The highest BCUT2D eigenvalue weighted by Crippen LogP contribution is 2.17. The van der Waals surface area contributed by atoms with E-state index in [2.05, 4.69) is 13.8 Å². The number of hydrogen-bond acceptors (Lipinski definition) is 4. The van der Waals surface area contributed by atoms with Gasteiger partial charge < -0.3 is 9.08 Å². The number of carbonyl (C=O) groups excluding carboxylic acids is 1. The van der Waals surface area contributed by atoms with Gasteiger partial charge in [-0.25, -0.2) is 0 Å². The lowest BCUT2D eigenvalue weighted by atomic mass is 10.1. The quantitative estimate of drug-likeness (QED) is 0.710. The molecular weight excluding hydrogens is 338 g/mol. The van der Waals surface area contributed by atoms with Crippen molar-refractivity contribution in [1.29, 1.82) is 0 Å². The molecule has 1 amide bonds. The van der Waals surface area contributed by atoms with E-state index in [1.54, 1.807) is 41.3 Å². The number of nitrogens with zero attached hydrogens (tertiary/aromatic N) is 1. The molecule has 6 heteroatoms. The van der Waals surface area contributed by atoms with Crippen LogP contribution in [0.1, 0.15) is 29.8 Å². The molecule has 0 radical (unpaired) electrons. The first-order chi connectivity index (χ1) is 11.7. The Balaban J connectivity index is 2.15. The van der Waals surface area contributed by atoms with E-state index in [0.29, 0.717) is 24.6 Å². The molecule has 0 heterocycles. The third-order valence-electron chi connectivity index (χ3n) is 3.44. The molecule has 0 N–H and O–H groups in total. The molecule has 2 aromatic rings. The van der Waals surface area contributed by atoms with Crippen molar-refractivity contribution >= 4 is 16.0 Å². The molecule has 0 saturated heterocycles. The summed E-state index contributed by atoms with van der Waals surface area (Å²) in [6, 6.07) is 15.9. The van der Waals surface area contributed by atoms with Gasteiger partial charge in [0.2, 0.25) is 0 Å². The van der Waals surface area contributed by atoms with Crippen molar-refractivity contribution in [3.63, 3.8) is 0 Å². The second-order valence-corrected chi connectivity index (χ2v) is 7.95. The average molecular weight is 361 g/mol. The Labute approximate surface area is 149 Å². The summed E-state index contributed by atoms with van der Waals surface area (Å²) in [6.07, 6.45) is 1.00. The second kappa shape index (κ2) is 8.16. The Morgan fingerprint density at radius 1 is 1.04 bits per heavy atom. The van der Waals surface area contributed by atoms with E-state index in [4.69, 9.17) is 4.18 Å². The van der Waals surface area contributed by atoms with Gasteiger partial charge in [0.1, 0.15) is 5.75 Å². The van der Waals surface area contributed by atoms with Crippen LogP contribution in [0.25, 0.3) is 0 Å². The predicted molar refractivity (Wildman–Crippen MR) is 97.9 cm³/mol. The van der Waals surface area contributed by atoms with Gasteiger partial charge in [0.15, 0.2) is 0 Å². The smallest absolute Gasteiger partial charge is 0.306 e. The number of hydrogen-bond donors (Lipinski definition) is 0. The lowest BCUT2D eigenvalue weighted by molar-refractivity contribution is 0.0722. The summed E-state index contributed by atoms with van der Waals surface area (Å²) in [7, 11) is -3.54. The van der Waals surface area contributed by atoms with Crippen LogP contribution in [0.3, 0.4) is 0 Å². The third-order valence-corrected chi connectivity index (χ3v) is 3.93. The van der Waals surface area contributed by atoms with E-state index in [-0.39, 0.29) is 11.7 Å². The van der Waals surface area contributed by atoms with Crippen LogP contribution < -0.4 is 4.18 Å².